The van der Waals surface area contributed by atoms with Crippen molar-refractivity contribution in [3.05, 3.63) is 59.7 Å². The predicted molar refractivity (Wildman–Crippen MR) is 106 cm³/mol. The predicted octanol–water partition coefficient (Wildman–Crippen LogP) is 3.61. The number of para-hydroxylation sites is 1. The van der Waals surface area contributed by atoms with Crippen LogP contribution in [0.3, 0.4) is 0 Å². The van der Waals surface area contributed by atoms with E-state index in [0.717, 1.165) is 36.3 Å². The number of carbonyl (C=O) groups is 1. The summed E-state index contributed by atoms with van der Waals surface area (Å²) in [5.41, 5.74) is 2.29. The van der Waals surface area contributed by atoms with Crippen LogP contribution in [0.15, 0.2) is 47.1 Å². The van der Waals surface area contributed by atoms with Crippen LogP contribution in [0.2, 0.25) is 0 Å². The third-order valence-electron chi connectivity index (χ3n) is 5.39. The number of benzene rings is 1. The van der Waals surface area contributed by atoms with Crippen molar-refractivity contribution in [1.82, 2.24) is 20.0 Å². The third kappa shape index (κ3) is 3.72. The zero-order valence-corrected chi connectivity index (χ0v) is 16.2. The number of aryl methyl sites for hydroxylation is 1. The molecule has 1 saturated heterocycles. The van der Waals surface area contributed by atoms with E-state index in [1.54, 1.807) is 6.20 Å². The number of aromatic nitrogens is 3. The summed E-state index contributed by atoms with van der Waals surface area (Å²) in [4.78, 5) is 23.3. The van der Waals surface area contributed by atoms with E-state index in [0.29, 0.717) is 36.2 Å². The molecule has 3 aromatic rings. The normalized spacial score (nSPS) is 18.8. The van der Waals surface area contributed by atoms with Gasteiger partial charge in [-0.05, 0) is 44.0 Å². The maximum atomic E-state index is 12.7. The molecule has 0 radical (unpaired) electrons. The summed E-state index contributed by atoms with van der Waals surface area (Å²) < 4.78 is 11.7. The lowest BCUT2D eigenvalue weighted by atomic mass is 10.2. The maximum absolute atomic E-state index is 12.7. The average molecular weight is 390 g/mol. The molecule has 7 heteroatoms. The van der Waals surface area contributed by atoms with Crippen molar-refractivity contribution < 1.29 is 14.1 Å². The van der Waals surface area contributed by atoms with E-state index in [1.807, 2.05) is 48.2 Å². The van der Waals surface area contributed by atoms with Crippen molar-refractivity contribution in [1.29, 1.82) is 0 Å². The molecule has 0 spiro atoms. The van der Waals surface area contributed by atoms with Gasteiger partial charge in [0, 0.05) is 30.8 Å². The van der Waals surface area contributed by atoms with Crippen molar-refractivity contribution in [2.45, 2.75) is 38.2 Å². The summed E-state index contributed by atoms with van der Waals surface area (Å²) in [7, 11) is 0. The van der Waals surface area contributed by atoms with Crippen LogP contribution < -0.4 is 4.74 Å². The molecule has 0 N–H and O–H groups in total. The highest BCUT2D eigenvalue weighted by Crippen LogP contribution is 2.39. The van der Waals surface area contributed by atoms with Gasteiger partial charge in [-0.2, -0.15) is 4.98 Å². The first kappa shape index (κ1) is 17.8. The van der Waals surface area contributed by atoms with Crippen molar-refractivity contribution in [2.24, 2.45) is 0 Å². The second-order valence-electron chi connectivity index (χ2n) is 7.70. The van der Waals surface area contributed by atoms with Gasteiger partial charge in [-0.25, -0.2) is 0 Å². The van der Waals surface area contributed by atoms with Crippen LogP contribution in [0.5, 0.6) is 5.75 Å². The van der Waals surface area contributed by atoms with E-state index in [2.05, 4.69) is 15.1 Å². The molecule has 3 heterocycles. The first-order chi connectivity index (χ1) is 14.2. The molecular weight excluding hydrogens is 368 g/mol. The largest absolute Gasteiger partial charge is 0.488 e. The Kier molecular flexibility index (Phi) is 4.50. The zero-order chi connectivity index (χ0) is 19.8. The van der Waals surface area contributed by atoms with E-state index < -0.39 is 0 Å². The molecule has 29 heavy (non-hydrogen) atoms. The molecule has 1 saturated carbocycles. The molecule has 1 amide bonds. The van der Waals surface area contributed by atoms with Crippen molar-refractivity contribution >= 4 is 5.91 Å². The van der Waals surface area contributed by atoms with Gasteiger partial charge in [-0.1, -0.05) is 17.3 Å². The number of amides is 1. The highest BCUT2D eigenvalue weighted by molar-refractivity contribution is 5.94. The lowest BCUT2D eigenvalue weighted by Crippen LogP contribution is -2.31. The third-order valence-corrected chi connectivity index (χ3v) is 5.39. The minimum atomic E-state index is -0.0793. The molecule has 5 rings (SSSR count). The Balaban J connectivity index is 1.29. The topological polar surface area (TPSA) is 81.4 Å². The molecule has 7 nitrogen and oxygen atoms in total. The maximum Gasteiger partial charge on any atom is 0.261 e. The van der Waals surface area contributed by atoms with Gasteiger partial charge < -0.3 is 14.2 Å². The number of carbonyl (C=O) groups excluding carboxylic acids is 1. The molecule has 1 aliphatic heterocycles. The summed E-state index contributed by atoms with van der Waals surface area (Å²) in [6.07, 6.45) is 4.58. The second kappa shape index (κ2) is 7.31. The van der Waals surface area contributed by atoms with E-state index >= 15 is 0 Å². The Bertz CT molecular complexity index is 1030. The van der Waals surface area contributed by atoms with Crippen LogP contribution in [0.1, 0.15) is 47.1 Å². The van der Waals surface area contributed by atoms with Crippen molar-refractivity contribution in [2.75, 3.05) is 13.1 Å². The molecule has 0 bridgehead atoms. The van der Waals surface area contributed by atoms with E-state index in [4.69, 9.17) is 9.26 Å². The monoisotopic (exact) mass is 390 g/mol. The number of hydrogen-bond acceptors (Lipinski definition) is 6. The first-order valence-electron chi connectivity index (χ1n) is 9.99. The van der Waals surface area contributed by atoms with E-state index in [1.165, 1.54) is 0 Å². The van der Waals surface area contributed by atoms with Gasteiger partial charge >= 0.3 is 0 Å². The van der Waals surface area contributed by atoms with Crippen molar-refractivity contribution in [3.63, 3.8) is 0 Å². The Morgan fingerprint density at radius 2 is 2.03 bits per heavy atom. The highest BCUT2D eigenvalue weighted by atomic mass is 16.5. The Hall–Kier alpha value is -3.22. The van der Waals surface area contributed by atoms with Crippen LogP contribution in [0, 0.1) is 6.92 Å². The molecular formula is C22H22N4O3. The lowest BCUT2D eigenvalue weighted by Gasteiger charge is -2.18. The summed E-state index contributed by atoms with van der Waals surface area (Å²) in [5, 5.41) is 4.10. The van der Waals surface area contributed by atoms with Crippen LogP contribution in [-0.2, 0) is 0 Å². The molecule has 1 unspecified atom stereocenters. The van der Waals surface area contributed by atoms with Crippen LogP contribution >= 0.6 is 0 Å². The molecule has 2 aromatic heterocycles. The molecule has 1 aliphatic carbocycles. The average Bonchev–Trinajstić information content (AvgIpc) is 3.29. The fourth-order valence-corrected chi connectivity index (χ4v) is 3.56. The van der Waals surface area contributed by atoms with Crippen molar-refractivity contribution in [3.8, 4) is 17.2 Å². The van der Waals surface area contributed by atoms with Gasteiger partial charge in [0.2, 0.25) is 0 Å². The summed E-state index contributed by atoms with van der Waals surface area (Å²) >= 11 is 0. The van der Waals surface area contributed by atoms with E-state index in [9.17, 15) is 4.79 Å². The minimum Gasteiger partial charge on any atom is -0.488 e. The number of ether oxygens (including phenoxy) is 1. The molecule has 2 aliphatic rings. The molecule has 2 fully saturated rings. The number of likely N-dealkylation sites (tertiary alicyclic amines) is 1. The first-order valence-corrected chi connectivity index (χ1v) is 9.99. The van der Waals surface area contributed by atoms with Crippen LogP contribution in [-0.4, -0.2) is 45.1 Å². The number of hydrogen-bond donors (Lipinski definition) is 0. The van der Waals surface area contributed by atoms with Gasteiger partial charge in [0.1, 0.15) is 11.9 Å². The van der Waals surface area contributed by atoms with Crippen LogP contribution in [0.4, 0.5) is 0 Å². The van der Waals surface area contributed by atoms with E-state index in [-0.39, 0.29) is 12.0 Å². The molecule has 1 atom stereocenters. The summed E-state index contributed by atoms with van der Waals surface area (Å²) in [6, 6.07) is 11.4. The molecule has 1 aromatic carbocycles. The van der Waals surface area contributed by atoms with Gasteiger partial charge in [0.15, 0.2) is 5.82 Å². The van der Waals surface area contributed by atoms with Gasteiger partial charge in [-0.15, -0.1) is 0 Å². The quantitative estimate of drug-likeness (QED) is 0.662. The van der Waals surface area contributed by atoms with Gasteiger partial charge in [-0.3, -0.25) is 9.78 Å². The second-order valence-corrected chi connectivity index (χ2v) is 7.70. The standard InChI is InChI=1S/C22H22N4O3/c1-14-6-7-16(12-23-14)22(27)26-11-10-17(13-26)28-19-5-3-2-4-18(19)21-24-20(25-29-21)15-8-9-15/h2-7,12,15,17H,8-11,13H2,1H3. The lowest BCUT2D eigenvalue weighted by molar-refractivity contribution is 0.0772. The highest BCUT2D eigenvalue weighted by Gasteiger charge is 2.31. The minimum absolute atomic E-state index is 0.0112. The smallest absolute Gasteiger partial charge is 0.261 e. The number of rotatable bonds is 5. The van der Waals surface area contributed by atoms with Crippen LogP contribution in [0.25, 0.3) is 11.5 Å². The Labute approximate surface area is 168 Å². The Morgan fingerprint density at radius 1 is 1.17 bits per heavy atom. The fourth-order valence-electron chi connectivity index (χ4n) is 3.56. The van der Waals surface area contributed by atoms with Gasteiger partial charge in [0.25, 0.3) is 11.8 Å². The summed E-state index contributed by atoms with van der Waals surface area (Å²) in [5.74, 6) is 2.39. The number of nitrogens with zero attached hydrogens (tertiary/aromatic N) is 4. The molecule has 148 valence electrons. The van der Waals surface area contributed by atoms with Gasteiger partial charge in [0.05, 0.1) is 17.7 Å². The SMILES string of the molecule is Cc1ccc(C(=O)N2CCC(Oc3ccccc3-c3nc(C4CC4)no3)C2)cn1. The number of pyridine rings is 1. The Morgan fingerprint density at radius 3 is 2.83 bits per heavy atom. The summed E-state index contributed by atoms with van der Waals surface area (Å²) in [6.45, 7) is 3.10. The zero-order valence-electron chi connectivity index (χ0n) is 16.2. The fraction of sp³-hybridized carbons (Fsp3) is 0.364.